The zero-order valence-corrected chi connectivity index (χ0v) is 13.3. The van der Waals surface area contributed by atoms with Gasteiger partial charge in [-0.05, 0) is 37.5 Å². The van der Waals surface area contributed by atoms with Crippen molar-refractivity contribution in [3.05, 3.63) is 35.9 Å². The van der Waals surface area contributed by atoms with Crippen molar-refractivity contribution >= 4 is 23.5 Å². The molecule has 0 bridgehead atoms. The Balaban J connectivity index is 2.02. The van der Waals surface area contributed by atoms with E-state index in [1.807, 2.05) is 18.2 Å². The monoisotopic (exact) mass is 306 g/mol. The molecule has 0 saturated heterocycles. The maximum absolute atomic E-state index is 12.4. The fourth-order valence-corrected chi connectivity index (χ4v) is 4.08. The van der Waals surface area contributed by atoms with Crippen LogP contribution in [0.2, 0.25) is 0 Å². The Labute approximate surface area is 130 Å². The summed E-state index contributed by atoms with van der Waals surface area (Å²) in [6.45, 7) is 2.11. The number of rotatable bonds is 6. The van der Waals surface area contributed by atoms with Crippen molar-refractivity contribution in [3.8, 4) is 0 Å². The topological polar surface area (TPSA) is 43.4 Å². The number of ketones is 1. The lowest BCUT2D eigenvalue weighted by molar-refractivity contribution is -0.150. The summed E-state index contributed by atoms with van der Waals surface area (Å²) in [5, 5.41) is 0. The summed E-state index contributed by atoms with van der Waals surface area (Å²) in [5.74, 6) is 0.465. The van der Waals surface area contributed by atoms with Crippen molar-refractivity contribution < 1.29 is 14.3 Å². The summed E-state index contributed by atoms with van der Waals surface area (Å²) in [5.41, 5.74) is 1.23. The first kappa shape index (κ1) is 16.1. The third kappa shape index (κ3) is 3.88. The predicted molar refractivity (Wildman–Crippen MR) is 85.4 cm³/mol. The number of aryl methyl sites for hydroxylation is 1. The molecule has 1 saturated carbocycles. The Hall–Kier alpha value is -1.29. The second kappa shape index (κ2) is 7.64. The summed E-state index contributed by atoms with van der Waals surface area (Å²) < 4.78 is 4.22. The van der Waals surface area contributed by atoms with Gasteiger partial charge in [0.2, 0.25) is 0 Å². The molecule has 21 heavy (non-hydrogen) atoms. The van der Waals surface area contributed by atoms with Gasteiger partial charge in [0, 0.05) is 6.42 Å². The van der Waals surface area contributed by atoms with Crippen LogP contribution in [0.5, 0.6) is 0 Å². The predicted octanol–water partition coefficient (Wildman–Crippen LogP) is 3.41. The number of esters is 1. The van der Waals surface area contributed by atoms with Crippen molar-refractivity contribution in [1.29, 1.82) is 0 Å². The van der Waals surface area contributed by atoms with Crippen molar-refractivity contribution in [2.75, 3.05) is 12.4 Å². The first-order valence-electron chi connectivity index (χ1n) is 7.57. The number of carbonyl (C=O) groups excluding carboxylic acids is 2. The summed E-state index contributed by atoms with van der Waals surface area (Å²) in [4.78, 5) is 24.7. The Morgan fingerprint density at radius 1 is 1.29 bits per heavy atom. The van der Waals surface area contributed by atoms with Crippen molar-refractivity contribution in [2.45, 2.75) is 43.8 Å². The van der Waals surface area contributed by atoms with E-state index >= 15 is 0 Å². The van der Waals surface area contributed by atoms with E-state index in [0.717, 1.165) is 25.0 Å². The summed E-state index contributed by atoms with van der Waals surface area (Å²) in [6, 6.07) is 10.1. The van der Waals surface area contributed by atoms with Crippen LogP contribution in [0.15, 0.2) is 30.3 Å². The van der Waals surface area contributed by atoms with E-state index in [0.29, 0.717) is 19.4 Å². The van der Waals surface area contributed by atoms with Crippen molar-refractivity contribution in [2.24, 2.45) is 0 Å². The first-order chi connectivity index (χ1) is 10.2. The van der Waals surface area contributed by atoms with E-state index in [1.54, 1.807) is 6.92 Å². The van der Waals surface area contributed by atoms with Gasteiger partial charge in [-0.2, -0.15) is 0 Å². The van der Waals surface area contributed by atoms with Crippen LogP contribution in [-0.2, 0) is 20.7 Å². The average molecular weight is 306 g/mol. The molecule has 0 aromatic heterocycles. The fraction of sp³-hybridized carbons (Fsp3) is 0.529. The molecular formula is C17H22O3S. The van der Waals surface area contributed by atoms with E-state index in [2.05, 4.69) is 12.1 Å². The second-order valence-corrected chi connectivity index (χ2v) is 6.66. The van der Waals surface area contributed by atoms with Crippen LogP contribution in [0.25, 0.3) is 0 Å². The normalized spacial score (nSPS) is 22.0. The Bertz CT molecular complexity index is 486. The molecule has 0 aliphatic heterocycles. The second-order valence-electron chi connectivity index (χ2n) is 5.26. The molecule has 1 atom stereocenters. The highest BCUT2D eigenvalue weighted by molar-refractivity contribution is 8.02. The smallest absolute Gasteiger partial charge is 0.329 e. The highest BCUT2D eigenvalue weighted by Crippen LogP contribution is 2.39. The SMILES string of the molecule is CCOC(=O)[C@]1(SCCc2ccccc2)CCCCC1=O. The minimum absolute atomic E-state index is 0.0465. The quantitative estimate of drug-likeness (QED) is 0.597. The van der Waals surface area contributed by atoms with E-state index in [4.69, 9.17) is 4.74 Å². The van der Waals surface area contributed by atoms with Gasteiger partial charge in [-0.1, -0.05) is 36.8 Å². The van der Waals surface area contributed by atoms with E-state index in [-0.39, 0.29) is 11.8 Å². The molecule has 0 heterocycles. The third-order valence-electron chi connectivity index (χ3n) is 3.82. The molecule has 1 fully saturated rings. The van der Waals surface area contributed by atoms with Crippen LogP contribution < -0.4 is 0 Å². The zero-order valence-electron chi connectivity index (χ0n) is 12.5. The van der Waals surface area contributed by atoms with Crippen LogP contribution in [0.4, 0.5) is 0 Å². The molecule has 4 heteroatoms. The lowest BCUT2D eigenvalue weighted by Crippen LogP contribution is -2.47. The van der Waals surface area contributed by atoms with Crippen LogP contribution in [-0.4, -0.2) is 28.9 Å². The largest absolute Gasteiger partial charge is 0.465 e. The summed E-state index contributed by atoms with van der Waals surface area (Å²) in [7, 11) is 0. The van der Waals surface area contributed by atoms with Gasteiger partial charge >= 0.3 is 5.97 Å². The molecule has 1 aliphatic carbocycles. The molecular weight excluding hydrogens is 284 g/mol. The molecule has 3 nitrogen and oxygen atoms in total. The van der Waals surface area contributed by atoms with Crippen LogP contribution >= 0.6 is 11.8 Å². The molecule has 1 aliphatic rings. The maximum atomic E-state index is 12.4. The molecule has 0 amide bonds. The zero-order chi connectivity index (χ0) is 15.1. The molecule has 114 valence electrons. The number of carbonyl (C=O) groups is 2. The highest BCUT2D eigenvalue weighted by Gasteiger charge is 2.48. The molecule has 0 spiro atoms. The number of thioether (sulfide) groups is 1. The van der Waals surface area contributed by atoms with Gasteiger partial charge in [0.05, 0.1) is 6.61 Å². The van der Waals surface area contributed by atoms with Gasteiger partial charge in [-0.25, -0.2) is 0 Å². The van der Waals surface area contributed by atoms with Gasteiger partial charge in [0.25, 0.3) is 0 Å². The van der Waals surface area contributed by atoms with Crippen LogP contribution in [0, 0.1) is 0 Å². The number of Topliss-reactive ketones (excluding diaryl/α,β-unsaturated/α-hetero) is 1. The van der Waals surface area contributed by atoms with Crippen LogP contribution in [0.1, 0.15) is 38.2 Å². The lowest BCUT2D eigenvalue weighted by Gasteiger charge is -2.32. The lowest BCUT2D eigenvalue weighted by atomic mass is 9.87. The maximum Gasteiger partial charge on any atom is 0.329 e. The van der Waals surface area contributed by atoms with E-state index in [9.17, 15) is 9.59 Å². The Kier molecular flexibility index (Phi) is 5.85. The van der Waals surface area contributed by atoms with Crippen molar-refractivity contribution in [3.63, 3.8) is 0 Å². The number of benzene rings is 1. The number of hydrogen-bond donors (Lipinski definition) is 0. The van der Waals surface area contributed by atoms with E-state index < -0.39 is 4.75 Å². The average Bonchev–Trinajstić information content (AvgIpc) is 2.50. The minimum atomic E-state index is -0.955. The van der Waals surface area contributed by atoms with Crippen LogP contribution in [0.3, 0.4) is 0 Å². The first-order valence-corrected chi connectivity index (χ1v) is 8.56. The van der Waals surface area contributed by atoms with Gasteiger partial charge in [-0.15, -0.1) is 11.8 Å². The number of hydrogen-bond acceptors (Lipinski definition) is 4. The number of ether oxygens (including phenoxy) is 1. The summed E-state index contributed by atoms with van der Waals surface area (Å²) >= 11 is 1.47. The third-order valence-corrected chi connectivity index (χ3v) is 5.32. The standard InChI is InChI=1S/C17H22O3S/c1-2-20-16(19)17(12-7-6-10-15(17)18)21-13-11-14-8-4-3-5-9-14/h3-5,8-9H,2,6-7,10-13H2,1H3/t17-/m0/s1. The van der Waals surface area contributed by atoms with Gasteiger partial charge in [-0.3, -0.25) is 9.59 Å². The fourth-order valence-electron chi connectivity index (χ4n) is 2.66. The molecule has 1 aromatic rings. The Morgan fingerprint density at radius 3 is 2.71 bits per heavy atom. The van der Waals surface area contributed by atoms with E-state index in [1.165, 1.54) is 17.3 Å². The van der Waals surface area contributed by atoms with Crippen molar-refractivity contribution in [1.82, 2.24) is 0 Å². The minimum Gasteiger partial charge on any atom is -0.465 e. The van der Waals surface area contributed by atoms with Gasteiger partial charge in [0.15, 0.2) is 10.5 Å². The highest BCUT2D eigenvalue weighted by atomic mass is 32.2. The molecule has 1 aromatic carbocycles. The molecule has 0 N–H and O–H groups in total. The summed E-state index contributed by atoms with van der Waals surface area (Å²) in [6.07, 6.45) is 3.78. The Morgan fingerprint density at radius 2 is 2.05 bits per heavy atom. The molecule has 0 unspecified atom stereocenters. The van der Waals surface area contributed by atoms with Gasteiger partial charge < -0.3 is 4.74 Å². The van der Waals surface area contributed by atoms with Gasteiger partial charge in [0.1, 0.15) is 0 Å². The molecule has 0 radical (unpaired) electrons. The molecule has 2 rings (SSSR count).